The second kappa shape index (κ2) is 7.84. The number of Topliss-reactive ketones (excluding diaryl/α,β-unsaturated/α-hetero) is 1. The van der Waals surface area contributed by atoms with Crippen LogP contribution in [-0.2, 0) is 4.79 Å². The molecule has 0 aliphatic heterocycles. The number of halogens is 1. The molecule has 0 fully saturated rings. The van der Waals surface area contributed by atoms with Gasteiger partial charge in [0.2, 0.25) is 0 Å². The summed E-state index contributed by atoms with van der Waals surface area (Å²) in [6, 6.07) is 11.7. The predicted octanol–water partition coefficient (Wildman–Crippen LogP) is 3.96. The molecular weight excluding hydrogens is 330 g/mol. The average Bonchev–Trinajstić information content (AvgIpc) is 2.54. The maximum atomic E-state index is 12.3. The summed E-state index contributed by atoms with van der Waals surface area (Å²) in [4.78, 5) is 24.0. The van der Waals surface area contributed by atoms with Crippen LogP contribution in [0.25, 0.3) is 0 Å². The zero-order valence-corrected chi connectivity index (χ0v) is 14.4. The van der Waals surface area contributed by atoms with E-state index in [0.717, 1.165) is 0 Å². The molecule has 126 valence electrons. The van der Waals surface area contributed by atoms with E-state index in [-0.39, 0.29) is 11.7 Å². The molecule has 0 saturated heterocycles. The fraction of sp³-hybridized carbons (Fsp3) is 0.222. The first-order valence-corrected chi connectivity index (χ1v) is 7.70. The van der Waals surface area contributed by atoms with Crippen molar-refractivity contribution in [1.82, 2.24) is 0 Å². The number of hydrogen-bond acceptors (Lipinski definition) is 4. The first-order chi connectivity index (χ1) is 11.4. The Morgan fingerprint density at radius 2 is 1.92 bits per heavy atom. The first-order valence-electron chi connectivity index (χ1n) is 7.32. The molecule has 0 bridgehead atoms. The monoisotopic (exact) mass is 347 g/mol. The number of methoxy groups -OCH3 is 1. The maximum absolute atomic E-state index is 12.3. The Hall–Kier alpha value is -2.53. The maximum Gasteiger partial charge on any atom is 0.265 e. The lowest BCUT2D eigenvalue weighted by molar-refractivity contribution is -0.122. The molecule has 24 heavy (non-hydrogen) atoms. The molecule has 0 heterocycles. The number of carbonyl (C=O) groups is 2. The van der Waals surface area contributed by atoms with Crippen LogP contribution in [0.3, 0.4) is 0 Å². The molecule has 0 aliphatic carbocycles. The van der Waals surface area contributed by atoms with Crippen molar-refractivity contribution < 1.29 is 19.1 Å². The van der Waals surface area contributed by atoms with Crippen molar-refractivity contribution in [3.8, 4) is 11.5 Å². The molecule has 1 N–H and O–H groups in total. The molecule has 0 radical (unpaired) electrons. The van der Waals surface area contributed by atoms with Gasteiger partial charge >= 0.3 is 0 Å². The summed E-state index contributed by atoms with van der Waals surface area (Å²) in [6.07, 6.45) is -0.811. The normalized spacial score (nSPS) is 11.5. The fourth-order valence-corrected chi connectivity index (χ4v) is 2.26. The Bertz CT molecular complexity index is 760. The van der Waals surface area contributed by atoms with E-state index in [4.69, 9.17) is 21.1 Å². The Labute approximate surface area is 145 Å². The van der Waals surface area contributed by atoms with Crippen molar-refractivity contribution in [1.29, 1.82) is 0 Å². The van der Waals surface area contributed by atoms with Gasteiger partial charge in [0.15, 0.2) is 11.9 Å². The van der Waals surface area contributed by atoms with Crippen LogP contribution in [0.5, 0.6) is 11.5 Å². The molecule has 1 unspecified atom stereocenters. The number of nitrogens with one attached hydrogen (secondary N) is 1. The van der Waals surface area contributed by atoms with Gasteiger partial charge in [0, 0.05) is 16.8 Å². The van der Waals surface area contributed by atoms with Crippen molar-refractivity contribution in [3.05, 3.63) is 53.1 Å². The molecule has 0 aliphatic rings. The van der Waals surface area contributed by atoms with Crippen LogP contribution >= 0.6 is 11.6 Å². The van der Waals surface area contributed by atoms with Gasteiger partial charge in [-0.25, -0.2) is 0 Å². The molecule has 0 spiro atoms. The van der Waals surface area contributed by atoms with Gasteiger partial charge in [-0.15, -0.1) is 0 Å². The van der Waals surface area contributed by atoms with E-state index in [9.17, 15) is 9.59 Å². The lowest BCUT2D eigenvalue weighted by atomic mass is 10.1. The second-order valence-corrected chi connectivity index (χ2v) is 5.61. The minimum Gasteiger partial charge on any atom is -0.497 e. The Kier molecular flexibility index (Phi) is 5.82. The Balaban J connectivity index is 2.14. The summed E-state index contributed by atoms with van der Waals surface area (Å²) in [5.74, 6) is 0.331. The van der Waals surface area contributed by atoms with E-state index in [2.05, 4.69) is 5.32 Å². The summed E-state index contributed by atoms with van der Waals surface area (Å²) in [5.41, 5.74) is 0.957. The number of benzene rings is 2. The van der Waals surface area contributed by atoms with E-state index in [1.54, 1.807) is 49.4 Å². The van der Waals surface area contributed by atoms with Gasteiger partial charge < -0.3 is 14.8 Å². The lowest BCUT2D eigenvalue weighted by Gasteiger charge is -2.17. The summed E-state index contributed by atoms with van der Waals surface area (Å²) < 4.78 is 10.8. The SMILES string of the molecule is COc1ccc(C(C)=O)c(OC(C)C(=O)Nc2cccc(Cl)c2)c1. The van der Waals surface area contributed by atoms with Crippen LogP contribution < -0.4 is 14.8 Å². The molecule has 0 aromatic heterocycles. The number of rotatable bonds is 6. The number of hydrogen-bond donors (Lipinski definition) is 1. The van der Waals surface area contributed by atoms with Crippen LogP contribution in [0, 0.1) is 0 Å². The van der Waals surface area contributed by atoms with E-state index in [0.29, 0.717) is 27.8 Å². The zero-order valence-electron chi connectivity index (χ0n) is 13.6. The summed E-state index contributed by atoms with van der Waals surface area (Å²) >= 11 is 5.89. The van der Waals surface area contributed by atoms with Crippen molar-refractivity contribution in [2.24, 2.45) is 0 Å². The van der Waals surface area contributed by atoms with Crippen molar-refractivity contribution in [2.75, 3.05) is 12.4 Å². The molecular formula is C18H18ClNO4. The van der Waals surface area contributed by atoms with Crippen LogP contribution in [-0.4, -0.2) is 24.9 Å². The van der Waals surface area contributed by atoms with E-state index >= 15 is 0 Å². The minimum atomic E-state index is -0.811. The lowest BCUT2D eigenvalue weighted by Crippen LogP contribution is -2.30. The van der Waals surface area contributed by atoms with E-state index < -0.39 is 6.10 Å². The largest absolute Gasteiger partial charge is 0.497 e. The molecule has 5 nitrogen and oxygen atoms in total. The minimum absolute atomic E-state index is 0.157. The highest BCUT2D eigenvalue weighted by atomic mass is 35.5. The van der Waals surface area contributed by atoms with Gasteiger partial charge in [0.25, 0.3) is 5.91 Å². The third kappa shape index (κ3) is 4.49. The second-order valence-electron chi connectivity index (χ2n) is 5.18. The van der Waals surface area contributed by atoms with Crippen molar-refractivity contribution in [2.45, 2.75) is 20.0 Å². The van der Waals surface area contributed by atoms with Gasteiger partial charge in [-0.2, -0.15) is 0 Å². The number of anilines is 1. The van der Waals surface area contributed by atoms with Gasteiger partial charge in [-0.1, -0.05) is 17.7 Å². The van der Waals surface area contributed by atoms with Gasteiger partial charge in [-0.05, 0) is 44.2 Å². The standard InChI is InChI=1S/C18H18ClNO4/c1-11(21)16-8-7-15(23-3)10-17(16)24-12(2)18(22)20-14-6-4-5-13(19)9-14/h4-10,12H,1-3H3,(H,20,22). The quantitative estimate of drug-likeness (QED) is 0.803. The number of ketones is 1. The van der Waals surface area contributed by atoms with Gasteiger partial charge in [0.05, 0.1) is 12.7 Å². The molecule has 2 rings (SSSR count). The molecule has 2 aromatic carbocycles. The third-order valence-corrected chi connectivity index (χ3v) is 3.57. The summed E-state index contributed by atoms with van der Waals surface area (Å²) in [7, 11) is 1.52. The van der Waals surface area contributed by atoms with E-state index in [1.807, 2.05) is 0 Å². The Morgan fingerprint density at radius 3 is 2.54 bits per heavy atom. The van der Waals surface area contributed by atoms with Crippen LogP contribution in [0.2, 0.25) is 5.02 Å². The third-order valence-electron chi connectivity index (χ3n) is 3.33. The molecule has 1 amide bonds. The Morgan fingerprint density at radius 1 is 1.17 bits per heavy atom. The molecule has 0 saturated carbocycles. The van der Waals surface area contributed by atoms with Crippen LogP contribution in [0.4, 0.5) is 5.69 Å². The highest BCUT2D eigenvalue weighted by Crippen LogP contribution is 2.26. The summed E-state index contributed by atoms with van der Waals surface area (Å²) in [5, 5.41) is 3.24. The fourth-order valence-electron chi connectivity index (χ4n) is 2.07. The zero-order chi connectivity index (χ0) is 17.7. The number of carbonyl (C=O) groups excluding carboxylic acids is 2. The molecule has 2 aromatic rings. The highest BCUT2D eigenvalue weighted by Gasteiger charge is 2.18. The molecule has 1 atom stereocenters. The smallest absolute Gasteiger partial charge is 0.265 e. The summed E-state index contributed by atoms with van der Waals surface area (Å²) in [6.45, 7) is 3.04. The topological polar surface area (TPSA) is 64.6 Å². The van der Waals surface area contributed by atoms with Crippen LogP contribution in [0.1, 0.15) is 24.2 Å². The average molecular weight is 348 g/mol. The molecule has 6 heteroatoms. The van der Waals surface area contributed by atoms with Crippen LogP contribution in [0.15, 0.2) is 42.5 Å². The van der Waals surface area contributed by atoms with E-state index in [1.165, 1.54) is 14.0 Å². The number of amides is 1. The predicted molar refractivity (Wildman–Crippen MR) is 93.2 cm³/mol. The number of ether oxygens (including phenoxy) is 2. The highest BCUT2D eigenvalue weighted by molar-refractivity contribution is 6.30. The van der Waals surface area contributed by atoms with Gasteiger partial charge in [-0.3, -0.25) is 9.59 Å². The van der Waals surface area contributed by atoms with Crippen molar-refractivity contribution >= 4 is 29.0 Å². The van der Waals surface area contributed by atoms with Crippen molar-refractivity contribution in [3.63, 3.8) is 0 Å². The van der Waals surface area contributed by atoms with Gasteiger partial charge in [0.1, 0.15) is 11.5 Å². The first kappa shape index (κ1) is 17.8.